The van der Waals surface area contributed by atoms with Crippen LogP contribution in [-0.2, 0) is 4.79 Å². The summed E-state index contributed by atoms with van der Waals surface area (Å²) in [5.74, 6) is -0.485. The van der Waals surface area contributed by atoms with Gasteiger partial charge in [-0.1, -0.05) is 0 Å². The average Bonchev–Trinajstić information content (AvgIpc) is 2.25. The number of anilines is 1. The van der Waals surface area contributed by atoms with Crippen molar-refractivity contribution in [2.75, 3.05) is 11.9 Å². The van der Waals surface area contributed by atoms with Crippen LogP contribution in [0.25, 0.3) is 0 Å². The number of nitrogens with one attached hydrogen (secondary N) is 1. The smallest absolute Gasteiger partial charge is 0.248 e. The van der Waals surface area contributed by atoms with Crippen LogP contribution in [0.1, 0.15) is 11.1 Å². The maximum atomic E-state index is 10.6. The van der Waals surface area contributed by atoms with Crippen LogP contribution >= 0.6 is 0 Å². The number of hydrogen-bond acceptors (Lipinski definition) is 5. The summed E-state index contributed by atoms with van der Waals surface area (Å²) in [6.45, 7) is 1.70. The molecule has 1 amide bonds. The predicted molar refractivity (Wildman–Crippen MR) is 57.4 cm³/mol. The van der Waals surface area contributed by atoms with E-state index in [0.717, 1.165) is 5.56 Å². The second kappa shape index (κ2) is 5.09. The Kier molecular flexibility index (Phi) is 3.80. The number of aryl methyl sites for hydroxylation is 1. The van der Waals surface area contributed by atoms with Gasteiger partial charge >= 0.3 is 0 Å². The molecule has 1 atom stereocenters. The normalized spacial score (nSPS) is 11.6. The number of amides is 1. The lowest BCUT2D eigenvalue weighted by atomic mass is 10.1. The lowest BCUT2D eigenvalue weighted by Gasteiger charge is -2.10. The van der Waals surface area contributed by atoms with Gasteiger partial charge < -0.3 is 16.2 Å². The van der Waals surface area contributed by atoms with E-state index >= 15 is 0 Å². The van der Waals surface area contributed by atoms with Gasteiger partial charge in [-0.2, -0.15) is 5.26 Å². The summed E-state index contributed by atoms with van der Waals surface area (Å²) in [7, 11) is 0. The zero-order valence-corrected chi connectivity index (χ0v) is 8.77. The highest BCUT2D eigenvalue weighted by molar-refractivity contribution is 5.79. The molecule has 0 saturated carbocycles. The molecule has 1 unspecified atom stereocenters. The summed E-state index contributed by atoms with van der Waals surface area (Å²) in [6.07, 6.45) is 0.240. The number of pyridine rings is 1. The van der Waals surface area contributed by atoms with Crippen molar-refractivity contribution in [3.8, 4) is 6.07 Å². The Balaban J connectivity index is 2.79. The van der Waals surface area contributed by atoms with Crippen LogP contribution in [-0.4, -0.2) is 28.6 Å². The van der Waals surface area contributed by atoms with Gasteiger partial charge in [0.1, 0.15) is 18.0 Å². The van der Waals surface area contributed by atoms with Gasteiger partial charge in [-0.05, 0) is 18.6 Å². The fraction of sp³-hybridized carbons (Fsp3) is 0.300. The Hall–Kier alpha value is -2.13. The zero-order chi connectivity index (χ0) is 12.1. The molecule has 6 nitrogen and oxygen atoms in total. The summed E-state index contributed by atoms with van der Waals surface area (Å²) >= 11 is 0. The van der Waals surface area contributed by atoms with E-state index in [-0.39, 0.29) is 6.54 Å². The Morgan fingerprint density at radius 1 is 1.81 bits per heavy atom. The Bertz CT molecular complexity index is 439. The molecule has 1 heterocycles. The Morgan fingerprint density at radius 2 is 2.50 bits per heavy atom. The van der Waals surface area contributed by atoms with E-state index in [2.05, 4.69) is 10.3 Å². The minimum absolute atomic E-state index is 0.0690. The molecule has 0 spiro atoms. The Labute approximate surface area is 92.7 Å². The highest BCUT2D eigenvalue weighted by atomic mass is 16.3. The molecule has 0 aromatic carbocycles. The van der Waals surface area contributed by atoms with Crippen LogP contribution in [0.5, 0.6) is 0 Å². The first-order chi connectivity index (χ1) is 7.56. The number of aromatic nitrogens is 1. The molecule has 1 rings (SSSR count). The summed E-state index contributed by atoms with van der Waals surface area (Å²) in [5, 5.41) is 20.8. The third-order valence-corrected chi connectivity index (χ3v) is 2.06. The minimum Gasteiger partial charge on any atom is -0.381 e. The van der Waals surface area contributed by atoms with Crippen molar-refractivity contribution in [1.82, 2.24) is 4.98 Å². The van der Waals surface area contributed by atoms with E-state index in [1.165, 1.54) is 6.20 Å². The molecular formula is C10H12N4O2. The van der Waals surface area contributed by atoms with Crippen molar-refractivity contribution >= 4 is 11.7 Å². The van der Waals surface area contributed by atoms with Crippen LogP contribution in [0.15, 0.2) is 12.3 Å². The first-order valence-corrected chi connectivity index (χ1v) is 4.63. The van der Waals surface area contributed by atoms with Gasteiger partial charge in [0, 0.05) is 6.20 Å². The molecule has 0 aliphatic carbocycles. The van der Waals surface area contributed by atoms with Crippen molar-refractivity contribution in [3.63, 3.8) is 0 Å². The van der Waals surface area contributed by atoms with E-state index < -0.39 is 12.0 Å². The Morgan fingerprint density at radius 3 is 3.06 bits per heavy atom. The summed E-state index contributed by atoms with van der Waals surface area (Å²) in [5.41, 5.74) is 6.05. The van der Waals surface area contributed by atoms with Crippen molar-refractivity contribution in [3.05, 3.63) is 23.4 Å². The maximum Gasteiger partial charge on any atom is 0.248 e. The third kappa shape index (κ3) is 2.68. The second-order valence-electron chi connectivity index (χ2n) is 3.26. The number of carbonyl (C=O) groups is 1. The van der Waals surface area contributed by atoms with Gasteiger partial charge in [0.15, 0.2) is 0 Å². The minimum atomic E-state index is -1.30. The molecule has 4 N–H and O–H groups in total. The van der Waals surface area contributed by atoms with E-state index in [4.69, 9.17) is 11.0 Å². The number of primary amides is 1. The van der Waals surface area contributed by atoms with Gasteiger partial charge in [-0.15, -0.1) is 0 Å². The number of aliphatic hydroxyl groups excluding tert-OH is 1. The summed E-state index contributed by atoms with van der Waals surface area (Å²) in [6, 6.07) is 3.70. The predicted octanol–water partition coefficient (Wildman–Crippen LogP) is -0.480. The molecule has 0 bridgehead atoms. The van der Waals surface area contributed by atoms with Gasteiger partial charge in [0.25, 0.3) is 0 Å². The van der Waals surface area contributed by atoms with Crippen molar-refractivity contribution in [1.29, 1.82) is 5.26 Å². The fourth-order valence-corrected chi connectivity index (χ4v) is 1.13. The van der Waals surface area contributed by atoms with E-state index in [0.29, 0.717) is 11.4 Å². The molecule has 1 aromatic heterocycles. The molecule has 0 radical (unpaired) electrons. The van der Waals surface area contributed by atoms with E-state index in [1.807, 2.05) is 6.07 Å². The lowest BCUT2D eigenvalue weighted by molar-refractivity contribution is -0.125. The second-order valence-corrected chi connectivity index (χ2v) is 3.26. The number of carbonyl (C=O) groups excluding carboxylic acids is 1. The first kappa shape index (κ1) is 11.9. The van der Waals surface area contributed by atoms with Gasteiger partial charge in [-0.25, -0.2) is 4.98 Å². The number of nitrogens with two attached hydrogens (primary N) is 1. The van der Waals surface area contributed by atoms with Crippen LogP contribution < -0.4 is 11.1 Å². The average molecular weight is 220 g/mol. The molecular weight excluding hydrogens is 208 g/mol. The highest BCUT2D eigenvalue weighted by Gasteiger charge is 2.12. The number of hydrogen-bond donors (Lipinski definition) is 3. The molecule has 1 aromatic rings. The third-order valence-electron chi connectivity index (χ3n) is 2.06. The number of nitrogens with zero attached hydrogens (tertiary/aromatic N) is 2. The fourth-order valence-electron chi connectivity index (χ4n) is 1.13. The van der Waals surface area contributed by atoms with E-state index in [9.17, 15) is 9.90 Å². The monoisotopic (exact) mass is 220 g/mol. The first-order valence-electron chi connectivity index (χ1n) is 4.63. The van der Waals surface area contributed by atoms with Crippen molar-refractivity contribution in [2.24, 2.45) is 5.73 Å². The zero-order valence-electron chi connectivity index (χ0n) is 8.77. The molecule has 84 valence electrons. The standard InChI is InChI=1S/C10H12N4O2/c1-6-2-3-13-10(7(6)4-11)14-5-8(15)9(12)16/h2-3,8,15H,5H2,1H3,(H2,12,16)(H,13,14). The van der Waals surface area contributed by atoms with Crippen LogP contribution in [0.3, 0.4) is 0 Å². The summed E-state index contributed by atoms with van der Waals surface area (Å²) in [4.78, 5) is 14.5. The van der Waals surface area contributed by atoms with Crippen molar-refractivity contribution in [2.45, 2.75) is 13.0 Å². The number of rotatable bonds is 4. The quantitative estimate of drug-likeness (QED) is 0.634. The maximum absolute atomic E-state index is 10.6. The highest BCUT2D eigenvalue weighted by Crippen LogP contribution is 2.14. The molecule has 16 heavy (non-hydrogen) atoms. The van der Waals surface area contributed by atoms with Crippen LogP contribution in [0.2, 0.25) is 0 Å². The topological polar surface area (TPSA) is 112 Å². The van der Waals surface area contributed by atoms with Crippen LogP contribution in [0, 0.1) is 18.3 Å². The molecule has 0 aliphatic rings. The SMILES string of the molecule is Cc1ccnc(NCC(O)C(N)=O)c1C#N. The molecule has 0 fully saturated rings. The molecule has 0 saturated heterocycles. The van der Waals surface area contributed by atoms with Crippen molar-refractivity contribution < 1.29 is 9.90 Å². The lowest BCUT2D eigenvalue weighted by Crippen LogP contribution is -2.34. The number of aliphatic hydroxyl groups is 1. The van der Waals surface area contributed by atoms with Gasteiger partial charge in [-0.3, -0.25) is 4.79 Å². The number of nitriles is 1. The molecule has 0 aliphatic heterocycles. The van der Waals surface area contributed by atoms with Crippen LogP contribution in [0.4, 0.5) is 5.82 Å². The van der Waals surface area contributed by atoms with Gasteiger partial charge in [0.2, 0.25) is 5.91 Å². The molecule has 6 heteroatoms. The van der Waals surface area contributed by atoms with Gasteiger partial charge in [0.05, 0.1) is 12.1 Å². The largest absolute Gasteiger partial charge is 0.381 e. The van der Waals surface area contributed by atoms with E-state index in [1.54, 1.807) is 13.0 Å². The summed E-state index contributed by atoms with van der Waals surface area (Å²) < 4.78 is 0.